The molecule has 0 fully saturated rings. The van der Waals surface area contributed by atoms with Crippen molar-refractivity contribution in [2.75, 3.05) is 6.16 Å². The number of benzene rings is 2. The van der Waals surface area contributed by atoms with Gasteiger partial charge < -0.3 is 0 Å². The summed E-state index contributed by atoms with van der Waals surface area (Å²) in [6, 6.07) is 18.0. The zero-order chi connectivity index (χ0) is 12.3. The Bertz CT molecular complexity index is 422. The Balaban J connectivity index is 2.33. The lowest BCUT2D eigenvalue weighted by atomic mass is 10.2. The lowest BCUT2D eigenvalue weighted by Crippen LogP contribution is -2.13. The van der Waals surface area contributed by atoms with E-state index in [2.05, 4.69) is 69.3 Å². The number of hydrogen-bond acceptors (Lipinski definition) is 0. The standard InChI is InChI=1S/C16H19P/c1-4-17(15-9-5-13(2)6-10-15)16-11-7-14(3)8-12-16/h5-12H,4H2,1-3H3. The predicted octanol–water partition coefficient (Wildman–Crippen LogP) is 3.76. The van der Waals surface area contributed by atoms with Crippen molar-refractivity contribution in [2.45, 2.75) is 20.8 Å². The van der Waals surface area contributed by atoms with Crippen LogP contribution in [0.5, 0.6) is 0 Å². The van der Waals surface area contributed by atoms with Gasteiger partial charge in [-0.05, 0) is 38.5 Å². The van der Waals surface area contributed by atoms with Crippen LogP contribution in [0.15, 0.2) is 48.5 Å². The summed E-state index contributed by atoms with van der Waals surface area (Å²) in [5, 5.41) is 2.97. The van der Waals surface area contributed by atoms with Gasteiger partial charge in [-0.1, -0.05) is 66.6 Å². The molecule has 0 saturated carbocycles. The van der Waals surface area contributed by atoms with E-state index >= 15 is 0 Å². The van der Waals surface area contributed by atoms with Crippen LogP contribution >= 0.6 is 7.92 Å². The highest BCUT2D eigenvalue weighted by molar-refractivity contribution is 7.72. The monoisotopic (exact) mass is 242 g/mol. The van der Waals surface area contributed by atoms with E-state index in [0.29, 0.717) is 0 Å². The second-order valence-electron chi connectivity index (χ2n) is 4.42. The molecular weight excluding hydrogens is 223 g/mol. The SMILES string of the molecule is CCP(c1ccc(C)cc1)c1ccc(C)cc1. The van der Waals surface area contributed by atoms with Crippen molar-refractivity contribution in [1.29, 1.82) is 0 Å². The zero-order valence-electron chi connectivity index (χ0n) is 10.8. The fourth-order valence-corrected chi connectivity index (χ4v) is 4.01. The van der Waals surface area contributed by atoms with Gasteiger partial charge in [0.05, 0.1) is 0 Å². The maximum absolute atomic E-state index is 2.28. The molecule has 0 amide bonds. The molecule has 0 unspecified atom stereocenters. The topological polar surface area (TPSA) is 0 Å². The van der Waals surface area contributed by atoms with Crippen LogP contribution in [-0.2, 0) is 0 Å². The first-order valence-corrected chi connectivity index (χ1v) is 7.64. The zero-order valence-corrected chi connectivity index (χ0v) is 11.7. The van der Waals surface area contributed by atoms with Crippen LogP contribution in [0.2, 0.25) is 0 Å². The minimum atomic E-state index is -0.173. The van der Waals surface area contributed by atoms with Crippen LogP contribution in [-0.4, -0.2) is 6.16 Å². The molecule has 17 heavy (non-hydrogen) atoms. The van der Waals surface area contributed by atoms with Gasteiger partial charge in [0, 0.05) is 0 Å². The highest BCUT2D eigenvalue weighted by Crippen LogP contribution is 2.32. The van der Waals surface area contributed by atoms with Gasteiger partial charge in [-0.3, -0.25) is 0 Å². The largest absolute Gasteiger partial charge is 0.0608 e. The van der Waals surface area contributed by atoms with Gasteiger partial charge in [-0.2, -0.15) is 0 Å². The van der Waals surface area contributed by atoms with Crippen LogP contribution in [0.25, 0.3) is 0 Å². The normalized spacial score (nSPS) is 10.8. The van der Waals surface area contributed by atoms with Crippen LogP contribution in [0.4, 0.5) is 0 Å². The van der Waals surface area contributed by atoms with E-state index in [1.807, 2.05) is 0 Å². The Kier molecular flexibility index (Phi) is 3.97. The maximum atomic E-state index is 2.28. The summed E-state index contributed by atoms with van der Waals surface area (Å²) in [6.07, 6.45) is 1.21. The Morgan fingerprint density at radius 1 is 0.706 bits per heavy atom. The fourth-order valence-electron chi connectivity index (χ4n) is 1.96. The Labute approximate surface area is 105 Å². The van der Waals surface area contributed by atoms with Crippen molar-refractivity contribution in [2.24, 2.45) is 0 Å². The molecule has 0 radical (unpaired) electrons. The molecule has 1 heteroatoms. The van der Waals surface area contributed by atoms with Gasteiger partial charge >= 0.3 is 0 Å². The molecule has 0 heterocycles. The van der Waals surface area contributed by atoms with E-state index < -0.39 is 0 Å². The van der Waals surface area contributed by atoms with E-state index in [1.54, 1.807) is 0 Å². The summed E-state index contributed by atoms with van der Waals surface area (Å²) in [5.74, 6) is 0. The van der Waals surface area contributed by atoms with E-state index in [1.165, 1.54) is 27.9 Å². The first-order valence-electron chi connectivity index (χ1n) is 6.11. The third-order valence-electron chi connectivity index (χ3n) is 3.01. The van der Waals surface area contributed by atoms with Crippen molar-refractivity contribution >= 4 is 18.5 Å². The molecule has 88 valence electrons. The predicted molar refractivity (Wildman–Crippen MR) is 79.1 cm³/mol. The average molecular weight is 242 g/mol. The molecule has 0 aliphatic rings. The van der Waals surface area contributed by atoms with Crippen molar-refractivity contribution in [3.63, 3.8) is 0 Å². The van der Waals surface area contributed by atoms with Crippen LogP contribution < -0.4 is 10.6 Å². The second kappa shape index (κ2) is 5.47. The molecule has 0 aliphatic heterocycles. The summed E-state index contributed by atoms with van der Waals surface area (Å²) in [5.41, 5.74) is 2.67. The third kappa shape index (κ3) is 2.96. The van der Waals surface area contributed by atoms with E-state index in [0.717, 1.165) is 0 Å². The minimum Gasteiger partial charge on any atom is -0.0608 e. The van der Waals surface area contributed by atoms with Crippen molar-refractivity contribution in [3.05, 3.63) is 59.7 Å². The van der Waals surface area contributed by atoms with E-state index in [9.17, 15) is 0 Å². The van der Waals surface area contributed by atoms with E-state index in [-0.39, 0.29) is 7.92 Å². The molecule has 0 spiro atoms. The summed E-state index contributed by atoms with van der Waals surface area (Å²) in [4.78, 5) is 0. The fraction of sp³-hybridized carbons (Fsp3) is 0.250. The van der Waals surface area contributed by atoms with Crippen molar-refractivity contribution in [3.8, 4) is 0 Å². The lowest BCUT2D eigenvalue weighted by Gasteiger charge is -2.17. The first-order chi connectivity index (χ1) is 8.20. The number of aryl methyl sites for hydroxylation is 2. The van der Waals surface area contributed by atoms with Gasteiger partial charge in [0.1, 0.15) is 0 Å². The summed E-state index contributed by atoms with van der Waals surface area (Å²) in [6.45, 7) is 6.57. The highest BCUT2D eigenvalue weighted by atomic mass is 31.1. The molecule has 2 rings (SSSR count). The first kappa shape index (κ1) is 12.3. The number of hydrogen-bond donors (Lipinski definition) is 0. The molecule has 0 nitrogen and oxygen atoms in total. The van der Waals surface area contributed by atoms with Gasteiger partial charge in [0.25, 0.3) is 0 Å². The molecule has 0 atom stereocenters. The second-order valence-corrected chi connectivity index (χ2v) is 6.94. The maximum Gasteiger partial charge on any atom is -0.0195 e. The summed E-state index contributed by atoms with van der Waals surface area (Å²) < 4.78 is 0. The molecule has 2 aromatic carbocycles. The molecular formula is C16H19P. The summed E-state index contributed by atoms with van der Waals surface area (Å²) >= 11 is 0. The Morgan fingerprint density at radius 3 is 1.35 bits per heavy atom. The van der Waals surface area contributed by atoms with Crippen LogP contribution in [0.1, 0.15) is 18.1 Å². The molecule has 0 N–H and O–H groups in total. The highest BCUT2D eigenvalue weighted by Gasteiger charge is 2.10. The molecule has 0 aromatic heterocycles. The Hall–Kier alpha value is -1.13. The van der Waals surface area contributed by atoms with Crippen LogP contribution in [0, 0.1) is 13.8 Å². The van der Waals surface area contributed by atoms with Crippen LogP contribution in [0.3, 0.4) is 0 Å². The molecule has 2 aromatic rings. The average Bonchev–Trinajstić information content (AvgIpc) is 2.35. The lowest BCUT2D eigenvalue weighted by molar-refractivity contribution is 1.47. The van der Waals surface area contributed by atoms with Gasteiger partial charge in [-0.25, -0.2) is 0 Å². The van der Waals surface area contributed by atoms with Crippen molar-refractivity contribution in [1.82, 2.24) is 0 Å². The smallest absolute Gasteiger partial charge is 0.0195 e. The molecule has 0 saturated heterocycles. The minimum absolute atomic E-state index is 0.173. The number of rotatable bonds is 3. The van der Waals surface area contributed by atoms with E-state index in [4.69, 9.17) is 0 Å². The molecule has 0 aliphatic carbocycles. The summed E-state index contributed by atoms with van der Waals surface area (Å²) in [7, 11) is -0.173. The third-order valence-corrected chi connectivity index (χ3v) is 5.48. The van der Waals surface area contributed by atoms with Crippen molar-refractivity contribution < 1.29 is 0 Å². The quantitative estimate of drug-likeness (QED) is 0.719. The van der Waals surface area contributed by atoms with Gasteiger partial charge in [-0.15, -0.1) is 0 Å². The van der Waals surface area contributed by atoms with Gasteiger partial charge in [0.2, 0.25) is 0 Å². The Morgan fingerprint density at radius 2 is 1.06 bits per heavy atom. The van der Waals surface area contributed by atoms with Gasteiger partial charge in [0.15, 0.2) is 0 Å². The molecule has 0 bridgehead atoms.